The van der Waals surface area contributed by atoms with Gasteiger partial charge in [0, 0.05) is 6.04 Å². The SMILES string of the molecule is N[C@H](c1ccccc1)[C@@](N)(c1ccccc1)P(=S)(c1ccccc1)c1ccccc1. The minimum atomic E-state index is -2.60. The summed E-state index contributed by atoms with van der Waals surface area (Å²) in [6.07, 6.45) is 0. The molecule has 30 heavy (non-hydrogen) atoms. The van der Waals surface area contributed by atoms with E-state index in [1.807, 2.05) is 84.9 Å². The summed E-state index contributed by atoms with van der Waals surface area (Å²) in [5.74, 6) is 0. The van der Waals surface area contributed by atoms with Gasteiger partial charge in [-0.25, -0.2) is 0 Å². The largest absolute Gasteiger partial charge is 0.322 e. The van der Waals surface area contributed by atoms with Crippen LogP contribution in [0, 0.1) is 0 Å². The lowest BCUT2D eigenvalue weighted by atomic mass is 9.94. The van der Waals surface area contributed by atoms with Crippen LogP contribution in [0.5, 0.6) is 0 Å². The molecule has 4 rings (SSSR count). The van der Waals surface area contributed by atoms with Crippen molar-refractivity contribution in [2.45, 2.75) is 11.3 Å². The summed E-state index contributed by atoms with van der Waals surface area (Å²) in [6.45, 7) is 0. The predicted octanol–water partition coefficient (Wildman–Crippen LogP) is 4.63. The molecule has 150 valence electrons. The van der Waals surface area contributed by atoms with Crippen LogP contribution in [-0.2, 0) is 17.1 Å². The molecule has 2 atom stereocenters. The van der Waals surface area contributed by atoms with Crippen molar-refractivity contribution >= 4 is 28.5 Å². The molecule has 4 aromatic rings. The Morgan fingerprint density at radius 1 is 0.600 bits per heavy atom. The molecular weight excluding hydrogens is 403 g/mol. The first-order valence-electron chi connectivity index (χ1n) is 9.95. The van der Waals surface area contributed by atoms with Gasteiger partial charge in [0.05, 0.1) is 11.3 Å². The first-order chi connectivity index (χ1) is 14.6. The summed E-state index contributed by atoms with van der Waals surface area (Å²) in [4.78, 5) is 0. The Bertz CT molecular complexity index is 1090. The zero-order valence-corrected chi connectivity index (χ0v) is 18.3. The molecule has 0 aliphatic heterocycles. The summed E-state index contributed by atoms with van der Waals surface area (Å²) >= 11 is 6.63. The molecule has 0 aliphatic rings. The molecule has 4 N–H and O–H groups in total. The molecule has 0 radical (unpaired) electrons. The summed E-state index contributed by atoms with van der Waals surface area (Å²) in [5, 5.41) is 1.14. The molecule has 2 nitrogen and oxygen atoms in total. The fraction of sp³-hybridized carbons (Fsp3) is 0.0769. The van der Waals surface area contributed by atoms with E-state index in [-0.39, 0.29) is 0 Å². The van der Waals surface area contributed by atoms with Crippen LogP contribution in [0.2, 0.25) is 0 Å². The van der Waals surface area contributed by atoms with E-state index in [2.05, 4.69) is 36.4 Å². The minimum absolute atomic E-state index is 0.479. The van der Waals surface area contributed by atoms with Crippen molar-refractivity contribution in [2.75, 3.05) is 0 Å². The van der Waals surface area contributed by atoms with Crippen LogP contribution in [0.4, 0.5) is 0 Å². The highest BCUT2D eigenvalue weighted by Crippen LogP contribution is 2.62. The van der Waals surface area contributed by atoms with Crippen LogP contribution in [0.15, 0.2) is 121 Å². The molecule has 0 bridgehead atoms. The van der Waals surface area contributed by atoms with Crippen molar-refractivity contribution in [1.29, 1.82) is 0 Å². The van der Waals surface area contributed by atoms with E-state index >= 15 is 0 Å². The molecule has 0 fully saturated rings. The van der Waals surface area contributed by atoms with Gasteiger partial charge in [0.25, 0.3) is 0 Å². The number of nitrogens with two attached hydrogens (primary N) is 2. The van der Waals surface area contributed by atoms with Crippen molar-refractivity contribution < 1.29 is 0 Å². The maximum absolute atomic E-state index is 7.46. The smallest absolute Gasteiger partial charge is 0.0975 e. The second-order valence-electron chi connectivity index (χ2n) is 7.36. The lowest BCUT2D eigenvalue weighted by molar-refractivity contribution is 0.513. The molecule has 0 amide bonds. The first-order valence-corrected chi connectivity index (χ1v) is 12.7. The number of benzene rings is 4. The second kappa shape index (κ2) is 8.67. The molecule has 0 saturated carbocycles. The Morgan fingerprint density at radius 2 is 0.967 bits per heavy atom. The van der Waals surface area contributed by atoms with E-state index in [9.17, 15) is 0 Å². The average Bonchev–Trinajstić information content (AvgIpc) is 2.84. The number of hydrogen-bond acceptors (Lipinski definition) is 3. The van der Waals surface area contributed by atoms with Gasteiger partial charge in [-0.1, -0.05) is 133 Å². The maximum atomic E-state index is 7.46. The molecule has 4 heteroatoms. The fourth-order valence-corrected chi connectivity index (χ4v) is 8.81. The molecule has 0 unspecified atom stereocenters. The summed E-state index contributed by atoms with van der Waals surface area (Å²) < 4.78 is 0. The highest BCUT2D eigenvalue weighted by atomic mass is 32.4. The second-order valence-corrected chi connectivity index (χ2v) is 12.0. The lowest BCUT2D eigenvalue weighted by Gasteiger charge is -2.46. The average molecular weight is 429 g/mol. The summed E-state index contributed by atoms with van der Waals surface area (Å²) in [7, 11) is 0. The van der Waals surface area contributed by atoms with Crippen LogP contribution >= 0.6 is 6.04 Å². The molecular formula is C26H25N2PS. The molecule has 0 heterocycles. The monoisotopic (exact) mass is 428 g/mol. The maximum Gasteiger partial charge on any atom is 0.0975 e. The molecule has 0 aliphatic carbocycles. The van der Waals surface area contributed by atoms with Gasteiger partial charge in [0.2, 0.25) is 0 Å². The third-order valence-electron chi connectivity index (χ3n) is 5.63. The Balaban J connectivity index is 2.06. The van der Waals surface area contributed by atoms with E-state index in [0.717, 1.165) is 21.7 Å². The van der Waals surface area contributed by atoms with Crippen LogP contribution in [0.3, 0.4) is 0 Å². The lowest BCUT2D eigenvalue weighted by Crippen LogP contribution is -2.50. The topological polar surface area (TPSA) is 52.0 Å². The van der Waals surface area contributed by atoms with Crippen LogP contribution in [-0.4, -0.2) is 0 Å². The molecule has 0 saturated heterocycles. The highest BCUT2D eigenvalue weighted by Gasteiger charge is 2.49. The van der Waals surface area contributed by atoms with E-state index in [4.69, 9.17) is 23.3 Å². The van der Waals surface area contributed by atoms with Crippen molar-refractivity contribution in [3.63, 3.8) is 0 Å². The van der Waals surface area contributed by atoms with Gasteiger partial charge in [0.15, 0.2) is 0 Å². The van der Waals surface area contributed by atoms with Crippen molar-refractivity contribution in [3.8, 4) is 0 Å². The molecule has 0 spiro atoms. The van der Waals surface area contributed by atoms with Crippen molar-refractivity contribution in [3.05, 3.63) is 132 Å². The number of hydrogen-bond donors (Lipinski definition) is 2. The number of rotatable bonds is 6. The summed E-state index contributed by atoms with van der Waals surface area (Å²) in [5.41, 5.74) is 16.4. The van der Waals surface area contributed by atoms with Crippen LogP contribution in [0.1, 0.15) is 17.2 Å². The van der Waals surface area contributed by atoms with E-state index < -0.39 is 17.4 Å². The zero-order valence-electron chi connectivity index (χ0n) is 16.6. The quantitative estimate of drug-likeness (QED) is 0.440. The zero-order chi connectivity index (χ0) is 21.0. The van der Waals surface area contributed by atoms with Gasteiger partial charge in [-0.15, -0.1) is 0 Å². The van der Waals surface area contributed by atoms with Gasteiger partial charge >= 0.3 is 0 Å². The van der Waals surface area contributed by atoms with Gasteiger partial charge < -0.3 is 11.5 Å². The Labute approximate surface area is 183 Å². The van der Waals surface area contributed by atoms with E-state index in [1.54, 1.807) is 0 Å². The Hall–Kier alpha value is -2.55. The molecule has 0 aromatic heterocycles. The molecule has 4 aromatic carbocycles. The first kappa shape index (κ1) is 20.7. The van der Waals surface area contributed by atoms with Gasteiger partial charge in [-0.2, -0.15) is 0 Å². The van der Waals surface area contributed by atoms with Crippen molar-refractivity contribution in [1.82, 2.24) is 0 Å². The van der Waals surface area contributed by atoms with E-state index in [0.29, 0.717) is 0 Å². The fourth-order valence-electron chi connectivity index (χ4n) is 4.03. The highest BCUT2D eigenvalue weighted by molar-refractivity contribution is 8.22. The van der Waals surface area contributed by atoms with Gasteiger partial charge in [0.1, 0.15) is 0 Å². The standard InChI is InChI=1S/C26H25N2PS/c27-25(21-13-5-1-6-14-21)26(28,22-15-7-2-8-16-22)29(30,23-17-9-3-10-18-23)24-19-11-4-12-20-24/h1-20,25H,27-28H2/t25-,26-/m1/s1. The van der Waals surface area contributed by atoms with Crippen LogP contribution < -0.4 is 22.1 Å². The third kappa shape index (κ3) is 3.45. The normalized spacial score (nSPS) is 14.6. The van der Waals surface area contributed by atoms with Gasteiger partial charge in [-0.05, 0) is 21.7 Å². The van der Waals surface area contributed by atoms with E-state index in [1.165, 1.54) is 0 Å². The Kier molecular flexibility index (Phi) is 5.99. The van der Waals surface area contributed by atoms with Crippen LogP contribution in [0.25, 0.3) is 0 Å². The summed E-state index contributed by atoms with van der Waals surface area (Å²) in [6, 6.07) is 37.6. The van der Waals surface area contributed by atoms with Gasteiger partial charge in [-0.3, -0.25) is 0 Å². The minimum Gasteiger partial charge on any atom is -0.322 e. The van der Waals surface area contributed by atoms with Crippen molar-refractivity contribution in [2.24, 2.45) is 11.5 Å². The Morgan fingerprint density at radius 3 is 1.40 bits per heavy atom. The predicted molar refractivity (Wildman–Crippen MR) is 132 cm³/mol. The third-order valence-corrected chi connectivity index (χ3v) is 11.4.